The number of carbonyl (C=O) groups excluding carboxylic acids is 1. The first-order chi connectivity index (χ1) is 7.19. The van der Waals surface area contributed by atoms with Gasteiger partial charge >= 0.3 is 5.97 Å². The first-order valence-electron chi connectivity index (χ1n) is 4.82. The minimum absolute atomic E-state index is 0.100. The Morgan fingerprint density at radius 1 is 1.33 bits per heavy atom. The van der Waals surface area contributed by atoms with Crippen LogP contribution in [-0.2, 0) is 4.74 Å². The molecule has 0 unspecified atom stereocenters. The number of carbonyl (C=O) groups is 1. The molecule has 0 aliphatic rings. The van der Waals surface area contributed by atoms with Gasteiger partial charge in [-0.3, -0.25) is 0 Å². The lowest BCUT2D eigenvalue weighted by Gasteiger charge is -2.07. The highest BCUT2D eigenvalue weighted by Gasteiger charge is 2.13. The Balaban J connectivity index is 2.94. The number of hydrogen-bond acceptors (Lipinski definition) is 4. The van der Waals surface area contributed by atoms with Crippen LogP contribution in [0, 0.1) is 0 Å². The Morgan fingerprint density at radius 3 is 2.67 bits per heavy atom. The first kappa shape index (κ1) is 11.4. The largest absolute Gasteiger partial charge is 0.507 e. The third kappa shape index (κ3) is 2.87. The predicted octanol–water partition coefficient (Wildman–Crippen LogP) is 1.97. The lowest BCUT2D eigenvalue weighted by atomic mass is 10.2. The van der Waals surface area contributed by atoms with Gasteiger partial charge in [-0.15, -0.1) is 0 Å². The average Bonchev–Trinajstić information content (AvgIpc) is 2.21. The molecule has 0 bridgehead atoms. The van der Waals surface area contributed by atoms with Crippen LogP contribution >= 0.6 is 0 Å². The molecule has 1 aromatic carbocycles. The highest BCUT2D eigenvalue weighted by molar-refractivity contribution is 5.92. The van der Waals surface area contributed by atoms with E-state index < -0.39 is 5.97 Å². The van der Waals surface area contributed by atoms with Crippen LogP contribution in [0.25, 0.3) is 0 Å². The average molecular weight is 210 g/mol. The van der Waals surface area contributed by atoms with Gasteiger partial charge in [0.2, 0.25) is 0 Å². The maximum atomic E-state index is 11.4. The number of benzene rings is 1. The van der Waals surface area contributed by atoms with Gasteiger partial charge in [0.1, 0.15) is 17.1 Å². The predicted molar refractivity (Wildman–Crippen MR) is 55.2 cm³/mol. The van der Waals surface area contributed by atoms with Gasteiger partial charge in [0, 0.05) is 0 Å². The van der Waals surface area contributed by atoms with E-state index in [0.29, 0.717) is 12.4 Å². The molecule has 0 fully saturated rings. The number of hydrogen-bond donors (Lipinski definition) is 1. The summed E-state index contributed by atoms with van der Waals surface area (Å²) in [5, 5.41) is 9.44. The summed E-state index contributed by atoms with van der Waals surface area (Å²) in [7, 11) is 0. The standard InChI is InChI=1S/C11H14O4/c1-3-14-8-5-6-10(12)9(7-8)11(13)15-4-2/h5-7,12H,3-4H2,1-2H3. The highest BCUT2D eigenvalue weighted by Crippen LogP contribution is 2.23. The van der Waals surface area contributed by atoms with Crippen LogP contribution in [0.4, 0.5) is 0 Å². The van der Waals surface area contributed by atoms with Crippen molar-refractivity contribution >= 4 is 5.97 Å². The molecule has 4 heteroatoms. The smallest absolute Gasteiger partial charge is 0.342 e. The van der Waals surface area contributed by atoms with E-state index in [1.54, 1.807) is 13.0 Å². The molecular formula is C11H14O4. The monoisotopic (exact) mass is 210 g/mol. The molecule has 1 aromatic rings. The Hall–Kier alpha value is -1.71. The third-order valence-corrected chi connectivity index (χ3v) is 1.77. The van der Waals surface area contributed by atoms with E-state index in [4.69, 9.17) is 9.47 Å². The van der Waals surface area contributed by atoms with Crippen LogP contribution in [0.1, 0.15) is 24.2 Å². The maximum Gasteiger partial charge on any atom is 0.342 e. The second-order valence-electron chi connectivity index (χ2n) is 2.83. The quantitative estimate of drug-likeness (QED) is 0.772. The fourth-order valence-corrected chi connectivity index (χ4v) is 1.14. The minimum atomic E-state index is -0.545. The van der Waals surface area contributed by atoms with Crippen molar-refractivity contribution in [2.75, 3.05) is 13.2 Å². The molecule has 0 heterocycles. The summed E-state index contributed by atoms with van der Waals surface area (Å²) < 4.78 is 10.00. The molecule has 0 aliphatic heterocycles. The second-order valence-corrected chi connectivity index (χ2v) is 2.83. The molecule has 0 aromatic heterocycles. The van der Waals surface area contributed by atoms with Crippen molar-refractivity contribution in [1.29, 1.82) is 0 Å². The van der Waals surface area contributed by atoms with Crippen molar-refractivity contribution in [1.82, 2.24) is 0 Å². The van der Waals surface area contributed by atoms with Crippen molar-refractivity contribution in [3.8, 4) is 11.5 Å². The molecule has 0 saturated carbocycles. The number of ether oxygens (including phenoxy) is 2. The molecule has 0 radical (unpaired) electrons. The summed E-state index contributed by atoms with van der Waals surface area (Å²) in [6.07, 6.45) is 0. The topological polar surface area (TPSA) is 55.8 Å². The Kier molecular flexibility index (Phi) is 3.97. The Morgan fingerprint density at radius 2 is 2.07 bits per heavy atom. The summed E-state index contributed by atoms with van der Waals surface area (Å²) in [5.74, 6) is -0.105. The molecule has 0 spiro atoms. The van der Waals surface area contributed by atoms with Crippen molar-refractivity contribution in [3.05, 3.63) is 23.8 Å². The second kappa shape index (κ2) is 5.24. The number of rotatable bonds is 4. The summed E-state index contributed by atoms with van der Waals surface area (Å²) in [4.78, 5) is 11.4. The molecular weight excluding hydrogens is 196 g/mol. The van der Waals surface area contributed by atoms with Gasteiger partial charge in [-0.2, -0.15) is 0 Å². The lowest BCUT2D eigenvalue weighted by molar-refractivity contribution is 0.0522. The number of aromatic hydroxyl groups is 1. The van der Waals surface area contributed by atoms with Crippen molar-refractivity contribution in [3.63, 3.8) is 0 Å². The van der Waals surface area contributed by atoms with Gasteiger partial charge in [0.05, 0.1) is 13.2 Å². The van der Waals surface area contributed by atoms with Crippen LogP contribution < -0.4 is 4.74 Å². The van der Waals surface area contributed by atoms with Crippen LogP contribution in [0.15, 0.2) is 18.2 Å². The van der Waals surface area contributed by atoms with Gasteiger partial charge in [0.15, 0.2) is 0 Å². The molecule has 1 rings (SSSR count). The zero-order valence-electron chi connectivity index (χ0n) is 8.82. The van der Waals surface area contributed by atoms with E-state index in [0.717, 1.165) is 0 Å². The van der Waals surface area contributed by atoms with Crippen LogP contribution in [0.5, 0.6) is 11.5 Å². The number of phenols is 1. The molecule has 15 heavy (non-hydrogen) atoms. The number of esters is 1. The highest BCUT2D eigenvalue weighted by atomic mass is 16.5. The normalized spacial score (nSPS) is 9.73. The van der Waals surface area contributed by atoms with E-state index in [9.17, 15) is 9.90 Å². The van der Waals surface area contributed by atoms with E-state index >= 15 is 0 Å². The van der Waals surface area contributed by atoms with Crippen LogP contribution in [0.2, 0.25) is 0 Å². The van der Waals surface area contributed by atoms with E-state index in [1.165, 1.54) is 12.1 Å². The van der Waals surface area contributed by atoms with Crippen molar-refractivity contribution < 1.29 is 19.4 Å². The van der Waals surface area contributed by atoms with Crippen LogP contribution in [0.3, 0.4) is 0 Å². The Labute approximate surface area is 88.4 Å². The van der Waals surface area contributed by atoms with Gasteiger partial charge in [0.25, 0.3) is 0 Å². The summed E-state index contributed by atoms with van der Waals surface area (Å²) in [5.41, 5.74) is 0.128. The summed E-state index contributed by atoms with van der Waals surface area (Å²) in [6, 6.07) is 4.48. The fourth-order valence-electron chi connectivity index (χ4n) is 1.14. The summed E-state index contributed by atoms with van der Waals surface area (Å²) >= 11 is 0. The van der Waals surface area contributed by atoms with Crippen molar-refractivity contribution in [2.24, 2.45) is 0 Å². The minimum Gasteiger partial charge on any atom is -0.507 e. The van der Waals surface area contributed by atoms with E-state index in [1.807, 2.05) is 6.92 Å². The molecule has 0 aliphatic carbocycles. The zero-order chi connectivity index (χ0) is 11.3. The van der Waals surface area contributed by atoms with Gasteiger partial charge in [-0.1, -0.05) is 0 Å². The van der Waals surface area contributed by atoms with E-state index in [2.05, 4.69) is 0 Å². The SMILES string of the molecule is CCOC(=O)c1cc(OCC)ccc1O. The molecule has 1 N–H and O–H groups in total. The third-order valence-electron chi connectivity index (χ3n) is 1.77. The first-order valence-corrected chi connectivity index (χ1v) is 4.82. The fraction of sp³-hybridized carbons (Fsp3) is 0.364. The summed E-state index contributed by atoms with van der Waals surface area (Å²) in [6.45, 7) is 4.34. The lowest BCUT2D eigenvalue weighted by Crippen LogP contribution is -2.05. The molecule has 0 amide bonds. The number of phenolic OH excluding ortho intramolecular Hbond substituents is 1. The van der Waals surface area contributed by atoms with E-state index in [-0.39, 0.29) is 17.9 Å². The molecule has 82 valence electrons. The van der Waals surface area contributed by atoms with Crippen molar-refractivity contribution in [2.45, 2.75) is 13.8 Å². The molecule has 4 nitrogen and oxygen atoms in total. The molecule has 0 saturated heterocycles. The van der Waals surface area contributed by atoms with Crippen LogP contribution in [-0.4, -0.2) is 24.3 Å². The molecule has 0 atom stereocenters. The zero-order valence-corrected chi connectivity index (χ0v) is 8.82. The van der Waals surface area contributed by atoms with Gasteiger partial charge < -0.3 is 14.6 Å². The Bertz CT molecular complexity index is 346. The van der Waals surface area contributed by atoms with Gasteiger partial charge in [-0.25, -0.2) is 4.79 Å². The van der Waals surface area contributed by atoms with Gasteiger partial charge in [-0.05, 0) is 32.0 Å². The maximum absolute atomic E-state index is 11.4.